The molecule has 0 atom stereocenters. The average Bonchev–Trinajstić information content (AvgIpc) is 2.28. The molecule has 0 saturated carbocycles. The highest BCUT2D eigenvalue weighted by Crippen LogP contribution is 2.23. The van der Waals surface area contributed by atoms with Gasteiger partial charge >= 0.3 is 0 Å². The van der Waals surface area contributed by atoms with Crippen LogP contribution in [0.1, 0.15) is 30.6 Å². The van der Waals surface area contributed by atoms with Gasteiger partial charge in [-0.05, 0) is 25.5 Å². The fraction of sp³-hybridized carbons (Fsp3) is 0.357. The molecule has 3 heteroatoms. The van der Waals surface area contributed by atoms with Crippen molar-refractivity contribution in [3.63, 3.8) is 0 Å². The van der Waals surface area contributed by atoms with Crippen LogP contribution in [0, 0.1) is 18.2 Å². The van der Waals surface area contributed by atoms with Gasteiger partial charge < -0.3 is 4.90 Å². The maximum Gasteiger partial charge on any atom is 0.164 e. The molecule has 0 N–H and O–H groups in total. The normalized spacial score (nSPS) is 9.76. The molecule has 0 saturated heterocycles. The molecule has 1 rings (SSSR count). The first-order valence-corrected chi connectivity index (χ1v) is 5.59. The molecule has 1 aromatic carbocycles. The first kappa shape index (κ1) is 13.2. The third kappa shape index (κ3) is 3.07. The second kappa shape index (κ2) is 6.05. The summed E-state index contributed by atoms with van der Waals surface area (Å²) in [6, 6.07) is 4.61. The van der Waals surface area contributed by atoms with Crippen molar-refractivity contribution >= 4 is 11.5 Å². The fourth-order valence-electron chi connectivity index (χ4n) is 1.79. The summed E-state index contributed by atoms with van der Waals surface area (Å²) in [6.07, 6.45) is 6.18. The smallest absolute Gasteiger partial charge is 0.164 e. The lowest BCUT2D eigenvalue weighted by molar-refractivity contribution is 0.101. The Labute approximate surface area is 101 Å². The molecule has 0 radical (unpaired) electrons. The number of carbonyl (C=O) groups is 1. The van der Waals surface area contributed by atoms with E-state index in [0.29, 0.717) is 18.8 Å². The topological polar surface area (TPSA) is 20.3 Å². The largest absolute Gasteiger partial charge is 0.360 e. The molecule has 90 valence electrons. The number of halogens is 1. The van der Waals surface area contributed by atoms with Crippen LogP contribution in [0.15, 0.2) is 18.2 Å². The Morgan fingerprint density at radius 3 is 2.76 bits per heavy atom. The number of carbonyl (C=O) groups excluding carboxylic acids is 1. The summed E-state index contributed by atoms with van der Waals surface area (Å²) in [6.45, 7) is 4.45. The SMILES string of the molecule is C#CCN(CCC)c1cccc(F)c1C(C)=O. The van der Waals surface area contributed by atoms with E-state index in [1.165, 1.54) is 13.0 Å². The van der Waals surface area contributed by atoms with Crippen LogP contribution < -0.4 is 4.90 Å². The Hall–Kier alpha value is -1.82. The monoisotopic (exact) mass is 233 g/mol. The van der Waals surface area contributed by atoms with Crippen molar-refractivity contribution in [1.29, 1.82) is 0 Å². The van der Waals surface area contributed by atoms with Crippen LogP contribution in [0.5, 0.6) is 0 Å². The average molecular weight is 233 g/mol. The first-order valence-electron chi connectivity index (χ1n) is 5.59. The summed E-state index contributed by atoms with van der Waals surface area (Å²) in [5, 5.41) is 0. The molecule has 0 amide bonds. The van der Waals surface area contributed by atoms with E-state index in [0.717, 1.165) is 6.42 Å². The van der Waals surface area contributed by atoms with Crippen molar-refractivity contribution in [2.45, 2.75) is 20.3 Å². The van der Waals surface area contributed by atoms with Gasteiger partial charge in [0, 0.05) is 6.54 Å². The molecule has 17 heavy (non-hydrogen) atoms. The Balaban J connectivity index is 3.23. The van der Waals surface area contributed by atoms with Gasteiger partial charge in [0.1, 0.15) is 5.82 Å². The summed E-state index contributed by atoms with van der Waals surface area (Å²) in [4.78, 5) is 13.3. The van der Waals surface area contributed by atoms with E-state index >= 15 is 0 Å². The Morgan fingerprint density at radius 1 is 1.53 bits per heavy atom. The molecule has 0 heterocycles. The summed E-state index contributed by atoms with van der Waals surface area (Å²) in [5.74, 6) is 1.76. The minimum Gasteiger partial charge on any atom is -0.360 e. The predicted molar refractivity (Wildman–Crippen MR) is 67.7 cm³/mol. The van der Waals surface area contributed by atoms with Crippen molar-refractivity contribution in [1.82, 2.24) is 0 Å². The van der Waals surface area contributed by atoms with E-state index < -0.39 is 5.82 Å². The fourth-order valence-corrected chi connectivity index (χ4v) is 1.79. The molecule has 0 unspecified atom stereocenters. The summed E-state index contributed by atoms with van der Waals surface area (Å²) < 4.78 is 13.6. The highest BCUT2D eigenvalue weighted by molar-refractivity contribution is 6.00. The highest BCUT2D eigenvalue weighted by Gasteiger charge is 2.16. The van der Waals surface area contributed by atoms with E-state index in [-0.39, 0.29) is 11.3 Å². The molecule has 0 spiro atoms. The lowest BCUT2D eigenvalue weighted by atomic mass is 10.1. The van der Waals surface area contributed by atoms with E-state index in [1.807, 2.05) is 11.8 Å². The third-order valence-corrected chi connectivity index (χ3v) is 2.46. The molecule has 2 nitrogen and oxygen atoms in total. The van der Waals surface area contributed by atoms with Gasteiger partial charge in [-0.3, -0.25) is 4.79 Å². The first-order chi connectivity index (χ1) is 8.11. The van der Waals surface area contributed by atoms with Crippen LogP contribution in [0.4, 0.5) is 10.1 Å². The molecular weight excluding hydrogens is 217 g/mol. The summed E-state index contributed by atoms with van der Waals surface area (Å²) in [7, 11) is 0. The molecule has 1 aromatic rings. The van der Waals surface area contributed by atoms with Crippen LogP contribution in [0.25, 0.3) is 0 Å². The molecule has 0 aliphatic rings. The zero-order chi connectivity index (χ0) is 12.8. The number of ketones is 1. The lowest BCUT2D eigenvalue weighted by Gasteiger charge is -2.24. The second-order valence-corrected chi connectivity index (χ2v) is 3.82. The molecule has 0 aliphatic carbocycles. The van der Waals surface area contributed by atoms with Crippen LogP contribution >= 0.6 is 0 Å². The van der Waals surface area contributed by atoms with E-state index in [1.54, 1.807) is 12.1 Å². The van der Waals surface area contributed by atoms with Gasteiger partial charge in [0.2, 0.25) is 0 Å². The lowest BCUT2D eigenvalue weighted by Crippen LogP contribution is -2.26. The maximum absolute atomic E-state index is 13.6. The number of hydrogen-bond donors (Lipinski definition) is 0. The van der Waals surface area contributed by atoms with Crippen molar-refractivity contribution in [3.05, 3.63) is 29.6 Å². The number of hydrogen-bond acceptors (Lipinski definition) is 2. The number of anilines is 1. The quantitative estimate of drug-likeness (QED) is 0.575. The van der Waals surface area contributed by atoms with Gasteiger partial charge in [-0.1, -0.05) is 18.9 Å². The van der Waals surface area contributed by atoms with Gasteiger partial charge in [-0.25, -0.2) is 4.39 Å². The van der Waals surface area contributed by atoms with Crippen LogP contribution in [-0.2, 0) is 0 Å². The zero-order valence-electron chi connectivity index (χ0n) is 10.2. The van der Waals surface area contributed by atoms with Crippen LogP contribution in [0.2, 0.25) is 0 Å². The van der Waals surface area contributed by atoms with Crippen molar-refractivity contribution in [2.24, 2.45) is 0 Å². The second-order valence-electron chi connectivity index (χ2n) is 3.82. The third-order valence-electron chi connectivity index (χ3n) is 2.46. The number of terminal acetylenes is 1. The minimum atomic E-state index is -0.492. The molecule has 0 fully saturated rings. The zero-order valence-corrected chi connectivity index (χ0v) is 10.2. The standard InChI is InChI=1S/C14H16FNO/c1-4-9-16(10-5-2)13-8-6-7-12(15)14(13)11(3)17/h1,6-8H,5,9-10H2,2-3H3. The van der Waals surface area contributed by atoms with E-state index in [2.05, 4.69) is 5.92 Å². The number of Topliss-reactive ketones (excluding diaryl/α,β-unsaturated/α-hetero) is 1. The van der Waals surface area contributed by atoms with Gasteiger partial charge in [0.25, 0.3) is 0 Å². The Kier molecular flexibility index (Phi) is 4.71. The maximum atomic E-state index is 13.6. The Morgan fingerprint density at radius 2 is 2.24 bits per heavy atom. The van der Waals surface area contributed by atoms with Crippen molar-refractivity contribution in [2.75, 3.05) is 18.0 Å². The van der Waals surface area contributed by atoms with Crippen molar-refractivity contribution in [3.8, 4) is 12.3 Å². The number of benzene rings is 1. The molecule has 0 bridgehead atoms. The van der Waals surface area contributed by atoms with Gasteiger partial charge in [0.05, 0.1) is 17.8 Å². The summed E-state index contributed by atoms with van der Waals surface area (Å²) in [5.41, 5.74) is 0.702. The van der Waals surface area contributed by atoms with Crippen molar-refractivity contribution < 1.29 is 9.18 Å². The highest BCUT2D eigenvalue weighted by atomic mass is 19.1. The number of nitrogens with zero attached hydrogens (tertiary/aromatic N) is 1. The van der Waals surface area contributed by atoms with Gasteiger partial charge in [-0.2, -0.15) is 0 Å². The van der Waals surface area contributed by atoms with Gasteiger partial charge in [0.15, 0.2) is 5.78 Å². The van der Waals surface area contributed by atoms with Crippen LogP contribution in [-0.4, -0.2) is 18.9 Å². The Bertz CT molecular complexity index is 448. The predicted octanol–water partition coefficient (Wildman–Crippen LogP) is 2.88. The van der Waals surface area contributed by atoms with E-state index in [9.17, 15) is 9.18 Å². The van der Waals surface area contributed by atoms with Gasteiger partial charge in [-0.15, -0.1) is 6.42 Å². The minimum absolute atomic E-state index is 0.121. The molecular formula is C14H16FNO. The number of rotatable bonds is 5. The van der Waals surface area contributed by atoms with E-state index in [4.69, 9.17) is 6.42 Å². The molecule has 0 aliphatic heterocycles. The summed E-state index contributed by atoms with van der Waals surface area (Å²) >= 11 is 0. The molecule has 0 aromatic heterocycles. The van der Waals surface area contributed by atoms with Crippen LogP contribution in [0.3, 0.4) is 0 Å².